The number of carbonyl (C=O) groups excluding carboxylic acids is 1. The fraction of sp³-hybridized carbons (Fsp3) is 0.917. The van der Waals surface area contributed by atoms with E-state index in [0.717, 1.165) is 24.8 Å². The normalized spacial score (nSPS) is 56.4. The van der Waals surface area contributed by atoms with E-state index in [4.69, 9.17) is 9.47 Å². The van der Waals surface area contributed by atoms with Crippen LogP contribution in [0.3, 0.4) is 0 Å². The van der Waals surface area contributed by atoms with Gasteiger partial charge in [0.25, 0.3) is 0 Å². The predicted octanol–water partition coefficient (Wildman–Crippen LogP) is 2.43. The largest absolute Gasteiger partial charge is 0.432 e. The molecule has 1 heterocycles. The van der Waals surface area contributed by atoms with Crippen LogP contribution in [0.4, 0.5) is 0 Å². The lowest BCUT2D eigenvalue weighted by Gasteiger charge is -2.72. The summed E-state index contributed by atoms with van der Waals surface area (Å²) in [5.74, 6) is -0.787. The van der Waals surface area contributed by atoms with Gasteiger partial charge in [-0.25, -0.2) is 0 Å². The van der Waals surface area contributed by atoms with Crippen LogP contribution in [0.1, 0.15) is 99.8 Å². The molecule has 5 aliphatic carbocycles. The third kappa shape index (κ3) is 4.39. The van der Waals surface area contributed by atoms with Gasteiger partial charge < -0.3 is 45.2 Å². The molecule has 0 aromatic carbocycles. The highest BCUT2D eigenvalue weighted by Gasteiger charge is 2.72. The second-order valence-corrected chi connectivity index (χ2v) is 17.7. The van der Waals surface area contributed by atoms with Gasteiger partial charge in [-0.1, -0.05) is 53.2 Å². The molecule has 0 spiro atoms. The van der Waals surface area contributed by atoms with Crippen LogP contribution in [0.25, 0.3) is 0 Å². The molecule has 0 unspecified atom stereocenters. The fourth-order valence-electron chi connectivity index (χ4n) is 12.4. The van der Waals surface area contributed by atoms with Crippen LogP contribution in [0, 0.1) is 50.7 Å². The minimum absolute atomic E-state index is 0.0940. The number of fused-ring (bicyclic) bond motifs is 7. The maximum atomic E-state index is 14.5. The van der Waals surface area contributed by atoms with Crippen molar-refractivity contribution in [1.29, 1.82) is 0 Å². The van der Waals surface area contributed by atoms with Gasteiger partial charge in [-0.05, 0) is 97.7 Å². The standard InChI is InChI=1S/C36H58O10/c1-18-10-13-36(30(43)46-29-26(41)25(40)24(39)21(17-37)45-29)15-14-33(5)19(27(36)35(18,7)44)8-9-23-32(4)16-20(38)28(42)31(2,3)22(32)11-12-34(23,33)6/h8,18,20-29,37-42,44H,9-17H2,1-7H3/t18-,20-,21-,22+,23-,24-,25+,26-,27-,28-,29+,32+,33-,34-,35-,36+/m1/s1. The highest BCUT2D eigenvalue weighted by molar-refractivity contribution is 5.79. The molecule has 0 radical (unpaired) electrons. The maximum Gasteiger partial charge on any atom is 0.315 e. The average molecular weight is 651 g/mol. The Labute approximate surface area is 273 Å². The molecule has 10 heteroatoms. The van der Waals surface area contributed by atoms with Crippen LogP contribution in [0.5, 0.6) is 0 Å². The summed E-state index contributed by atoms with van der Waals surface area (Å²) in [5, 5.41) is 75.6. The van der Waals surface area contributed by atoms with Gasteiger partial charge in [0.2, 0.25) is 6.29 Å². The average Bonchev–Trinajstić information content (AvgIpc) is 2.98. The van der Waals surface area contributed by atoms with Gasteiger partial charge in [0.15, 0.2) is 0 Å². The van der Waals surface area contributed by atoms with Crippen molar-refractivity contribution in [3.05, 3.63) is 11.6 Å². The quantitative estimate of drug-likeness (QED) is 0.177. The molecule has 0 aromatic heterocycles. The van der Waals surface area contributed by atoms with E-state index in [1.165, 1.54) is 0 Å². The van der Waals surface area contributed by atoms with E-state index >= 15 is 0 Å². The predicted molar refractivity (Wildman–Crippen MR) is 168 cm³/mol. The van der Waals surface area contributed by atoms with Crippen molar-refractivity contribution < 1.29 is 50.0 Å². The zero-order valence-corrected chi connectivity index (χ0v) is 28.6. The third-order valence-electron chi connectivity index (χ3n) is 15.5. The van der Waals surface area contributed by atoms with Crippen molar-refractivity contribution in [2.75, 3.05) is 6.61 Å². The first-order valence-electron chi connectivity index (χ1n) is 17.5. The summed E-state index contributed by atoms with van der Waals surface area (Å²) in [7, 11) is 0. The molecule has 262 valence electrons. The first-order chi connectivity index (χ1) is 21.2. The first kappa shape index (κ1) is 34.7. The Balaban J connectivity index is 1.39. The number of ether oxygens (including phenoxy) is 2. The van der Waals surface area contributed by atoms with E-state index in [2.05, 4.69) is 40.7 Å². The van der Waals surface area contributed by atoms with E-state index in [-0.39, 0.29) is 34.0 Å². The van der Waals surface area contributed by atoms with Gasteiger partial charge in [0.1, 0.15) is 24.4 Å². The van der Waals surface area contributed by atoms with Crippen LogP contribution in [0.2, 0.25) is 0 Å². The zero-order chi connectivity index (χ0) is 34.0. The number of esters is 1. The molecule has 6 rings (SSSR count). The maximum absolute atomic E-state index is 14.5. The Morgan fingerprint density at radius 3 is 2.24 bits per heavy atom. The lowest BCUT2D eigenvalue weighted by Crippen LogP contribution is -2.69. The van der Waals surface area contributed by atoms with Crippen molar-refractivity contribution in [2.45, 2.75) is 148 Å². The monoisotopic (exact) mass is 650 g/mol. The molecule has 16 atom stereocenters. The lowest BCUT2D eigenvalue weighted by atomic mass is 9.33. The molecule has 1 saturated heterocycles. The molecule has 4 saturated carbocycles. The second kappa shape index (κ2) is 10.9. The molecule has 46 heavy (non-hydrogen) atoms. The number of allylic oxidation sites excluding steroid dienone is 1. The van der Waals surface area contributed by atoms with E-state index in [9.17, 15) is 40.5 Å². The Morgan fingerprint density at radius 2 is 1.59 bits per heavy atom. The molecule has 0 bridgehead atoms. The van der Waals surface area contributed by atoms with Crippen molar-refractivity contribution >= 4 is 5.97 Å². The van der Waals surface area contributed by atoms with Gasteiger partial charge in [-0.15, -0.1) is 0 Å². The summed E-state index contributed by atoms with van der Waals surface area (Å²) in [6, 6.07) is 0. The van der Waals surface area contributed by atoms with Crippen LogP contribution >= 0.6 is 0 Å². The van der Waals surface area contributed by atoms with Gasteiger partial charge in [0, 0.05) is 5.92 Å². The summed E-state index contributed by atoms with van der Waals surface area (Å²) in [4.78, 5) is 14.5. The van der Waals surface area contributed by atoms with Crippen LogP contribution < -0.4 is 0 Å². The van der Waals surface area contributed by atoms with Crippen molar-refractivity contribution in [2.24, 2.45) is 50.7 Å². The van der Waals surface area contributed by atoms with Gasteiger partial charge in [0.05, 0.1) is 29.8 Å². The molecule has 5 fully saturated rings. The summed E-state index contributed by atoms with van der Waals surface area (Å²) >= 11 is 0. The van der Waals surface area contributed by atoms with Crippen LogP contribution in [-0.2, 0) is 14.3 Å². The number of aliphatic hydroxyl groups is 7. The van der Waals surface area contributed by atoms with E-state index < -0.39 is 77.8 Å². The van der Waals surface area contributed by atoms with E-state index in [0.29, 0.717) is 32.1 Å². The molecule has 7 N–H and O–H groups in total. The smallest absolute Gasteiger partial charge is 0.315 e. The zero-order valence-electron chi connectivity index (χ0n) is 28.6. The molecule has 0 amide bonds. The number of aliphatic hydroxyl groups excluding tert-OH is 6. The molecule has 6 aliphatic rings. The highest BCUT2D eigenvalue weighted by atomic mass is 16.7. The molecular formula is C36H58O10. The minimum atomic E-state index is -1.70. The third-order valence-corrected chi connectivity index (χ3v) is 15.5. The lowest BCUT2D eigenvalue weighted by molar-refractivity contribution is -0.299. The van der Waals surface area contributed by atoms with Gasteiger partial charge >= 0.3 is 5.97 Å². The topological polar surface area (TPSA) is 177 Å². The molecule has 0 aromatic rings. The number of carbonyl (C=O) groups is 1. The van der Waals surface area contributed by atoms with Crippen LogP contribution in [-0.4, -0.2) is 96.8 Å². The molecule has 1 aliphatic heterocycles. The van der Waals surface area contributed by atoms with Crippen LogP contribution in [0.15, 0.2) is 11.6 Å². The number of hydrogen-bond donors (Lipinski definition) is 7. The molecular weight excluding hydrogens is 592 g/mol. The van der Waals surface area contributed by atoms with Crippen molar-refractivity contribution in [3.8, 4) is 0 Å². The highest BCUT2D eigenvalue weighted by Crippen LogP contribution is 2.76. The SMILES string of the molecule is C[C@@H]1CC[C@]2(C(=O)O[C@@H]3O[C@H](CO)[C@@H](O)[C@H](O)[C@H]3O)CC[C@]3(C)C(=CC[C@@H]4[C@@]5(C)C[C@@H](O)[C@@H](O)C(C)(C)[C@@H]5CC[C@]43C)[C@@H]2[C@]1(C)O. The summed E-state index contributed by atoms with van der Waals surface area (Å²) < 4.78 is 11.5. The first-order valence-corrected chi connectivity index (χ1v) is 17.5. The number of hydrogen-bond acceptors (Lipinski definition) is 10. The Hall–Kier alpha value is -1.11. The Bertz CT molecular complexity index is 1250. The van der Waals surface area contributed by atoms with Crippen molar-refractivity contribution in [3.63, 3.8) is 0 Å². The fourth-order valence-corrected chi connectivity index (χ4v) is 12.4. The second-order valence-electron chi connectivity index (χ2n) is 17.7. The van der Waals surface area contributed by atoms with Gasteiger partial charge in [-0.2, -0.15) is 0 Å². The number of rotatable bonds is 3. The van der Waals surface area contributed by atoms with Crippen molar-refractivity contribution in [1.82, 2.24) is 0 Å². The van der Waals surface area contributed by atoms with E-state index in [1.807, 2.05) is 13.8 Å². The van der Waals surface area contributed by atoms with Gasteiger partial charge in [-0.3, -0.25) is 4.79 Å². The Morgan fingerprint density at radius 1 is 0.913 bits per heavy atom. The summed E-state index contributed by atoms with van der Waals surface area (Å²) in [5.41, 5.74) is -2.44. The minimum Gasteiger partial charge on any atom is -0.432 e. The summed E-state index contributed by atoms with van der Waals surface area (Å²) in [6.07, 6.45) is -1.65. The Kier molecular flexibility index (Phi) is 8.27. The van der Waals surface area contributed by atoms with E-state index in [1.54, 1.807) is 0 Å². The summed E-state index contributed by atoms with van der Waals surface area (Å²) in [6.45, 7) is 14.4. The molecule has 10 nitrogen and oxygen atoms in total.